The number of nitrogens with one attached hydrogen (secondary N) is 1. The third kappa shape index (κ3) is 4.45. The first-order valence-electron chi connectivity index (χ1n) is 7.55. The molecule has 0 aliphatic carbocycles. The second-order valence-corrected chi connectivity index (χ2v) is 6.22. The van der Waals surface area contributed by atoms with Crippen LogP contribution in [-0.2, 0) is 11.3 Å². The number of benzene rings is 2. The standard InChI is InChI=1S/C18H17N3O2S/c1-13-7-9-14(10-8-13)11-19-16(22)12-24-18-21-20-17(23-18)15-5-3-2-4-6-15/h2-10H,11-12H2,1H3,(H,19,22). The molecule has 0 fully saturated rings. The van der Waals surface area contributed by atoms with E-state index in [2.05, 4.69) is 15.5 Å². The van der Waals surface area contributed by atoms with Gasteiger partial charge >= 0.3 is 0 Å². The molecule has 0 saturated carbocycles. The molecule has 24 heavy (non-hydrogen) atoms. The summed E-state index contributed by atoms with van der Waals surface area (Å²) in [5.74, 6) is 0.626. The van der Waals surface area contributed by atoms with Crippen molar-refractivity contribution in [3.8, 4) is 11.5 Å². The fraction of sp³-hybridized carbons (Fsp3) is 0.167. The van der Waals surface area contributed by atoms with Gasteiger partial charge in [-0.2, -0.15) is 0 Å². The van der Waals surface area contributed by atoms with Gasteiger partial charge in [-0.3, -0.25) is 4.79 Å². The predicted molar refractivity (Wildman–Crippen MR) is 93.5 cm³/mol. The number of carbonyl (C=O) groups excluding carboxylic acids is 1. The van der Waals surface area contributed by atoms with Crippen molar-refractivity contribution in [1.29, 1.82) is 0 Å². The number of aryl methyl sites for hydroxylation is 1. The molecule has 122 valence electrons. The molecule has 0 aliphatic rings. The van der Waals surface area contributed by atoms with Crippen molar-refractivity contribution in [2.75, 3.05) is 5.75 Å². The van der Waals surface area contributed by atoms with E-state index < -0.39 is 0 Å². The minimum absolute atomic E-state index is 0.0694. The van der Waals surface area contributed by atoms with Crippen molar-refractivity contribution in [3.05, 3.63) is 65.7 Å². The van der Waals surface area contributed by atoms with E-state index in [1.165, 1.54) is 17.3 Å². The summed E-state index contributed by atoms with van der Waals surface area (Å²) < 4.78 is 5.56. The second kappa shape index (κ2) is 7.79. The number of rotatable bonds is 6. The monoisotopic (exact) mass is 339 g/mol. The van der Waals surface area contributed by atoms with Crippen LogP contribution in [0.15, 0.2) is 64.2 Å². The van der Waals surface area contributed by atoms with E-state index in [9.17, 15) is 4.79 Å². The molecule has 1 aromatic heterocycles. The molecule has 0 aliphatic heterocycles. The molecule has 3 rings (SSSR count). The Bertz CT molecular complexity index is 801. The van der Waals surface area contributed by atoms with E-state index >= 15 is 0 Å². The number of amides is 1. The van der Waals surface area contributed by atoms with Crippen LogP contribution in [0.4, 0.5) is 0 Å². The summed E-state index contributed by atoms with van der Waals surface area (Å²) in [6.07, 6.45) is 0. The molecule has 0 radical (unpaired) electrons. The van der Waals surface area contributed by atoms with E-state index in [4.69, 9.17) is 4.42 Å². The Morgan fingerprint density at radius 1 is 1.08 bits per heavy atom. The van der Waals surface area contributed by atoms with Gasteiger partial charge in [-0.1, -0.05) is 59.8 Å². The van der Waals surface area contributed by atoms with E-state index in [0.29, 0.717) is 17.7 Å². The average molecular weight is 339 g/mol. The summed E-state index contributed by atoms with van der Waals surface area (Å²) in [6, 6.07) is 17.6. The normalized spacial score (nSPS) is 10.5. The van der Waals surface area contributed by atoms with Crippen molar-refractivity contribution < 1.29 is 9.21 Å². The van der Waals surface area contributed by atoms with E-state index in [-0.39, 0.29) is 11.7 Å². The van der Waals surface area contributed by atoms with Crippen LogP contribution in [0.1, 0.15) is 11.1 Å². The Balaban J connectivity index is 1.48. The molecule has 3 aromatic rings. The molecular formula is C18H17N3O2S. The first-order chi connectivity index (χ1) is 11.7. The zero-order valence-electron chi connectivity index (χ0n) is 13.2. The minimum atomic E-state index is -0.0694. The molecule has 0 saturated heterocycles. The molecule has 1 N–H and O–H groups in total. The Hall–Kier alpha value is -2.60. The summed E-state index contributed by atoms with van der Waals surface area (Å²) in [5.41, 5.74) is 3.13. The molecule has 0 atom stereocenters. The third-order valence-corrected chi connectivity index (χ3v) is 4.18. The highest BCUT2D eigenvalue weighted by Gasteiger charge is 2.10. The van der Waals surface area contributed by atoms with Gasteiger partial charge in [-0.25, -0.2) is 0 Å². The lowest BCUT2D eigenvalue weighted by Gasteiger charge is -2.04. The van der Waals surface area contributed by atoms with Gasteiger partial charge < -0.3 is 9.73 Å². The number of carbonyl (C=O) groups is 1. The summed E-state index contributed by atoms with van der Waals surface area (Å²) in [6.45, 7) is 2.55. The van der Waals surface area contributed by atoms with E-state index in [0.717, 1.165) is 11.1 Å². The smallest absolute Gasteiger partial charge is 0.277 e. The quantitative estimate of drug-likeness (QED) is 0.697. The van der Waals surface area contributed by atoms with Crippen molar-refractivity contribution >= 4 is 17.7 Å². The second-order valence-electron chi connectivity index (χ2n) is 5.29. The molecule has 1 amide bonds. The fourth-order valence-electron chi connectivity index (χ4n) is 2.05. The third-order valence-electron chi connectivity index (χ3n) is 3.36. The first kappa shape index (κ1) is 16.3. The number of hydrogen-bond acceptors (Lipinski definition) is 5. The summed E-state index contributed by atoms with van der Waals surface area (Å²) in [4.78, 5) is 11.9. The highest BCUT2D eigenvalue weighted by molar-refractivity contribution is 7.99. The van der Waals surface area contributed by atoms with Gasteiger partial charge in [0.1, 0.15) is 0 Å². The zero-order chi connectivity index (χ0) is 16.8. The lowest BCUT2D eigenvalue weighted by atomic mass is 10.1. The number of aromatic nitrogens is 2. The largest absolute Gasteiger partial charge is 0.411 e. The Kier molecular flexibility index (Phi) is 5.28. The van der Waals surface area contributed by atoms with Gasteiger partial charge in [-0.15, -0.1) is 10.2 Å². The maximum absolute atomic E-state index is 11.9. The highest BCUT2D eigenvalue weighted by atomic mass is 32.2. The number of hydrogen-bond donors (Lipinski definition) is 1. The summed E-state index contributed by atoms with van der Waals surface area (Å²) in [5, 5.41) is 11.2. The molecule has 5 nitrogen and oxygen atoms in total. The molecule has 0 spiro atoms. The Morgan fingerprint density at radius 2 is 1.83 bits per heavy atom. The van der Waals surface area contributed by atoms with Gasteiger partial charge in [0.05, 0.1) is 5.75 Å². The maximum Gasteiger partial charge on any atom is 0.277 e. The van der Waals surface area contributed by atoms with Crippen molar-refractivity contribution in [2.45, 2.75) is 18.7 Å². The Morgan fingerprint density at radius 3 is 2.58 bits per heavy atom. The van der Waals surface area contributed by atoms with E-state index in [1.54, 1.807) is 0 Å². The van der Waals surface area contributed by atoms with Gasteiger partial charge in [0.15, 0.2) is 0 Å². The van der Waals surface area contributed by atoms with Crippen molar-refractivity contribution in [1.82, 2.24) is 15.5 Å². The minimum Gasteiger partial charge on any atom is -0.411 e. The fourth-order valence-corrected chi connectivity index (χ4v) is 2.64. The molecule has 0 unspecified atom stereocenters. The maximum atomic E-state index is 11.9. The highest BCUT2D eigenvalue weighted by Crippen LogP contribution is 2.22. The average Bonchev–Trinajstić information content (AvgIpc) is 3.09. The van der Waals surface area contributed by atoms with Gasteiger partial charge in [0, 0.05) is 12.1 Å². The number of thioether (sulfide) groups is 1. The van der Waals surface area contributed by atoms with Crippen LogP contribution in [0.25, 0.3) is 11.5 Å². The van der Waals surface area contributed by atoms with Crippen molar-refractivity contribution in [3.63, 3.8) is 0 Å². The lowest BCUT2D eigenvalue weighted by molar-refractivity contribution is -0.118. The predicted octanol–water partition coefficient (Wildman–Crippen LogP) is 3.45. The van der Waals surface area contributed by atoms with Crippen LogP contribution in [0.2, 0.25) is 0 Å². The topological polar surface area (TPSA) is 68.0 Å². The zero-order valence-corrected chi connectivity index (χ0v) is 14.0. The van der Waals surface area contributed by atoms with Crippen LogP contribution >= 0.6 is 11.8 Å². The van der Waals surface area contributed by atoms with Crippen LogP contribution in [0, 0.1) is 6.92 Å². The van der Waals surface area contributed by atoms with Crippen LogP contribution < -0.4 is 5.32 Å². The van der Waals surface area contributed by atoms with Gasteiger partial charge in [0.2, 0.25) is 11.8 Å². The summed E-state index contributed by atoms with van der Waals surface area (Å²) >= 11 is 1.23. The first-order valence-corrected chi connectivity index (χ1v) is 8.53. The Labute approximate surface area is 144 Å². The van der Waals surface area contributed by atoms with Crippen molar-refractivity contribution in [2.24, 2.45) is 0 Å². The van der Waals surface area contributed by atoms with Crippen LogP contribution in [0.5, 0.6) is 0 Å². The SMILES string of the molecule is Cc1ccc(CNC(=O)CSc2nnc(-c3ccccc3)o2)cc1. The molecule has 6 heteroatoms. The molecular weight excluding hydrogens is 322 g/mol. The van der Waals surface area contributed by atoms with Crippen LogP contribution in [0.3, 0.4) is 0 Å². The number of nitrogens with zero attached hydrogens (tertiary/aromatic N) is 2. The van der Waals surface area contributed by atoms with Crippen LogP contribution in [-0.4, -0.2) is 21.9 Å². The van der Waals surface area contributed by atoms with Gasteiger partial charge in [0.25, 0.3) is 5.22 Å². The van der Waals surface area contributed by atoms with E-state index in [1.807, 2.05) is 61.5 Å². The summed E-state index contributed by atoms with van der Waals surface area (Å²) in [7, 11) is 0. The lowest BCUT2D eigenvalue weighted by Crippen LogP contribution is -2.24. The van der Waals surface area contributed by atoms with Gasteiger partial charge in [-0.05, 0) is 24.6 Å². The molecule has 2 aromatic carbocycles. The molecule has 1 heterocycles. The molecule has 0 bridgehead atoms.